The lowest BCUT2D eigenvalue weighted by Gasteiger charge is -2.18. The number of thiazole rings is 1. The van der Waals surface area contributed by atoms with Crippen LogP contribution in [0.5, 0.6) is 0 Å². The lowest BCUT2D eigenvalue weighted by molar-refractivity contribution is 0.0702. The van der Waals surface area contributed by atoms with Crippen LogP contribution in [0.1, 0.15) is 41.4 Å². The SMILES string of the molecule is CCCCN(CC)Cc1nc(-c2cccnc2)c(C(=O)O)s1. The van der Waals surface area contributed by atoms with E-state index < -0.39 is 5.97 Å². The van der Waals surface area contributed by atoms with E-state index in [1.165, 1.54) is 11.3 Å². The van der Waals surface area contributed by atoms with E-state index in [1.54, 1.807) is 18.5 Å². The van der Waals surface area contributed by atoms with Gasteiger partial charge < -0.3 is 5.11 Å². The monoisotopic (exact) mass is 319 g/mol. The number of aromatic nitrogens is 2. The lowest BCUT2D eigenvalue weighted by Crippen LogP contribution is -2.23. The first-order valence-electron chi connectivity index (χ1n) is 7.51. The van der Waals surface area contributed by atoms with Gasteiger partial charge in [0.15, 0.2) is 0 Å². The Hall–Kier alpha value is -1.79. The molecule has 0 aliphatic carbocycles. The van der Waals surface area contributed by atoms with Crippen LogP contribution in [0.2, 0.25) is 0 Å². The summed E-state index contributed by atoms with van der Waals surface area (Å²) in [6.07, 6.45) is 5.61. The Morgan fingerprint density at radius 1 is 1.41 bits per heavy atom. The average Bonchev–Trinajstić information content (AvgIpc) is 2.96. The second-order valence-electron chi connectivity index (χ2n) is 5.05. The third-order valence-electron chi connectivity index (χ3n) is 3.43. The van der Waals surface area contributed by atoms with Gasteiger partial charge in [-0.3, -0.25) is 9.88 Å². The van der Waals surface area contributed by atoms with Gasteiger partial charge in [0, 0.05) is 18.0 Å². The molecular formula is C16H21N3O2S. The van der Waals surface area contributed by atoms with Crippen LogP contribution in [0.15, 0.2) is 24.5 Å². The summed E-state index contributed by atoms with van der Waals surface area (Å²) < 4.78 is 0. The van der Waals surface area contributed by atoms with E-state index in [-0.39, 0.29) is 4.88 Å². The highest BCUT2D eigenvalue weighted by Crippen LogP contribution is 2.28. The third-order valence-corrected chi connectivity index (χ3v) is 4.46. The third kappa shape index (κ3) is 4.11. The fourth-order valence-corrected chi connectivity index (χ4v) is 3.16. The maximum Gasteiger partial charge on any atom is 0.348 e. The van der Waals surface area contributed by atoms with Crippen molar-refractivity contribution in [1.82, 2.24) is 14.9 Å². The normalized spacial score (nSPS) is 11.0. The Labute approximate surface area is 134 Å². The molecule has 0 aromatic carbocycles. The fourth-order valence-electron chi connectivity index (χ4n) is 2.20. The molecule has 22 heavy (non-hydrogen) atoms. The van der Waals surface area contributed by atoms with Gasteiger partial charge in [0.1, 0.15) is 9.88 Å². The molecule has 0 spiro atoms. The number of nitrogens with zero attached hydrogens (tertiary/aromatic N) is 3. The Kier molecular flexibility index (Phi) is 6.03. The lowest BCUT2D eigenvalue weighted by atomic mass is 10.2. The van der Waals surface area contributed by atoms with Crippen molar-refractivity contribution in [2.24, 2.45) is 0 Å². The molecule has 118 valence electrons. The molecule has 0 amide bonds. The van der Waals surface area contributed by atoms with Gasteiger partial charge in [0.05, 0.1) is 12.2 Å². The van der Waals surface area contributed by atoms with Crippen molar-refractivity contribution in [3.05, 3.63) is 34.4 Å². The molecule has 0 fully saturated rings. The summed E-state index contributed by atoms with van der Waals surface area (Å²) in [7, 11) is 0. The predicted molar refractivity (Wildman–Crippen MR) is 88.2 cm³/mol. The van der Waals surface area contributed by atoms with Gasteiger partial charge >= 0.3 is 5.97 Å². The minimum atomic E-state index is -0.931. The summed E-state index contributed by atoms with van der Waals surface area (Å²) in [6, 6.07) is 3.63. The average molecular weight is 319 g/mol. The van der Waals surface area contributed by atoms with Gasteiger partial charge in [-0.25, -0.2) is 9.78 Å². The van der Waals surface area contributed by atoms with Crippen molar-refractivity contribution in [2.45, 2.75) is 33.2 Å². The number of carbonyl (C=O) groups is 1. The van der Waals surface area contributed by atoms with Gasteiger partial charge in [-0.2, -0.15) is 0 Å². The number of carboxylic acids is 1. The van der Waals surface area contributed by atoms with Crippen molar-refractivity contribution in [1.29, 1.82) is 0 Å². The first-order valence-corrected chi connectivity index (χ1v) is 8.33. The molecule has 0 atom stereocenters. The molecule has 0 bridgehead atoms. The zero-order chi connectivity index (χ0) is 15.9. The number of rotatable bonds is 8. The van der Waals surface area contributed by atoms with E-state index in [9.17, 15) is 9.90 Å². The zero-order valence-corrected chi connectivity index (χ0v) is 13.8. The van der Waals surface area contributed by atoms with Crippen LogP contribution in [0.4, 0.5) is 0 Å². The highest BCUT2D eigenvalue weighted by Gasteiger charge is 2.19. The molecule has 0 radical (unpaired) electrons. The number of pyridine rings is 1. The summed E-state index contributed by atoms with van der Waals surface area (Å²) >= 11 is 1.26. The molecule has 1 N–H and O–H groups in total. The van der Waals surface area contributed by atoms with Crippen LogP contribution in [0.25, 0.3) is 11.3 Å². The Morgan fingerprint density at radius 2 is 2.23 bits per heavy atom. The summed E-state index contributed by atoms with van der Waals surface area (Å²) in [5, 5.41) is 10.3. The maximum absolute atomic E-state index is 11.5. The minimum absolute atomic E-state index is 0.287. The van der Waals surface area contributed by atoms with E-state index in [0.29, 0.717) is 12.2 Å². The van der Waals surface area contributed by atoms with Gasteiger partial charge in [-0.1, -0.05) is 20.3 Å². The maximum atomic E-state index is 11.5. The van der Waals surface area contributed by atoms with Crippen LogP contribution in [0.3, 0.4) is 0 Å². The number of hydrogen-bond donors (Lipinski definition) is 1. The molecule has 2 aromatic rings. The molecule has 6 heteroatoms. The van der Waals surface area contributed by atoms with Crippen LogP contribution in [-0.4, -0.2) is 39.0 Å². The number of unbranched alkanes of at least 4 members (excludes halogenated alkanes) is 1. The molecule has 0 saturated heterocycles. The molecule has 5 nitrogen and oxygen atoms in total. The summed E-state index contributed by atoms with van der Waals surface area (Å²) in [4.78, 5) is 22.7. The Morgan fingerprint density at radius 3 is 2.82 bits per heavy atom. The first-order chi connectivity index (χ1) is 10.7. The summed E-state index contributed by atoms with van der Waals surface area (Å²) in [6.45, 7) is 6.92. The van der Waals surface area contributed by atoms with Gasteiger partial charge in [0.2, 0.25) is 0 Å². The van der Waals surface area contributed by atoms with Crippen LogP contribution in [0, 0.1) is 0 Å². The minimum Gasteiger partial charge on any atom is -0.477 e. The van der Waals surface area contributed by atoms with E-state index in [4.69, 9.17) is 0 Å². The van der Waals surface area contributed by atoms with E-state index >= 15 is 0 Å². The standard InChI is InChI=1S/C16H21N3O2S/c1-3-5-9-19(4-2)11-13-18-14(15(22-13)16(20)21)12-7-6-8-17-10-12/h6-8,10H,3-5,9,11H2,1-2H3,(H,20,21). The van der Waals surface area contributed by atoms with Crippen molar-refractivity contribution in [3.63, 3.8) is 0 Å². The Bertz CT molecular complexity index is 613. The second kappa shape index (κ2) is 8.00. The predicted octanol–water partition coefficient (Wildman–Crippen LogP) is 3.53. The van der Waals surface area contributed by atoms with E-state index in [0.717, 1.165) is 36.5 Å². The second-order valence-corrected chi connectivity index (χ2v) is 6.14. The first kappa shape index (κ1) is 16.6. The van der Waals surface area contributed by atoms with E-state index in [2.05, 4.69) is 28.7 Å². The zero-order valence-electron chi connectivity index (χ0n) is 13.0. The van der Waals surface area contributed by atoms with Gasteiger partial charge in [0.25, 0.3) is 0 Å². The molecule has 2 rings (SSSR count). The van der Waals surface area contributed by atoms with Gasteiger partial charge in [-0.15, -0.1) is 11.3 Å². The van der Waals surface area contributed by atoms with Crippen molar-refractivity contribution < 1.29 is 9.90 Å². The smallest absolute Gasteiger partial charge is 0.348 e. The van der Waals surface area contributed by atoms with Gasteiger partial charge in [-0.05, 0) is 31.6 Å². The van der Waals surface area contributed by atoms with E-state index in [1.807, 2.05) is 6.07 Å². The summed E-state index contributed by atoms with van der Waals surface area (Å²) in [5.41, 5.74) is 1.27. The molecule has 0 aliphatic heterocycles. The quantitative estimate of drug-likeness (QED) is 0.806. The number of carboxylic acid groups (broad SMARTS) is 1. The topological polar surface area (TPSA) is 66.3 Å². The molecule has 2 aromatic heterocycles. The molecule has 0 aliphatic rings. The summed E-state index contributed by atoms with van der Waals surface area (Å²) in [5.74, 6) is -0.931. The highest BCUT2D eigenvalue weighted by molar-refractivity contribution is 7.14. The molecule has 0 saturated carbocycles. The van der Waals surface area contributed by atoms with Crippen molar-refractivity contribution >= 4 is 17.3 Å². The molecular weight excluding hydrogens is 298 g/mol. The Balaban J connectivity index is 2.25. The molecule has 0 unspecified atom stereocenters. The fraction of sp³-hybridized carbons (Fsp3) is 0.438. The number of hydrogen-bond acceptors (Lipinski definition) is 5. The highest BCUT2D eigenvalue weighted by atomic mass is 32.1. The van der Waals surface area contributed by atoms with Crippen molar-refractivity contribution in [3.8, 4) is 11.3 Å². The molecule has 2 heterocycles. The van der Waals surface area contributed by atoms with Crippen LogP contribution >= 0.6 is 11.3 Å². The van der Waals surface area contributed by atoms with Crippen LogP contribution in [-0.2, 0) is 6.54 Å². The van der Waals surface area contributed by atoms with Crippen molar-refractivity contribution in [2.75, 3.05) is 13.1 Å². The number of aromatic carboxylic acids is 1. The van der Waals surface area contributed by atoms with Crippen LogP contribution < -0.4 is 0 Å². The largest absolute Gasteiger partial charge is 0.477 e.